The van der Waals surface area contributed by atoms with Crippen LogP contribution in [0, 0.1) is 0 Å². The van der Waals surface area contributed by atoms with Crippen molar-refractivity contribution >= 4 is 11.9 Å². The van der Waals surface area contributed by atoms with Crippen molar-refractivity contribution in [3.63, 3.8) is 0 Å². The van der Waals surface area contributed by atoms with Gasteiger partial charge in [-0.1, -0.05) is 18.2 Å². The lowest BCUT2D eigenvalue weighted by Gasteiger charge is -2.23. The van der Waals surface area contributed by atoms with Gasteiger partial charge in [0, 0.05) is 13.5 Å². The number of amides is 1. The molecule has 6 nitrogen and oxygen atoms in total. The number of aliphatic hydroxyl groups is 2. The Morgan fingerprint density at radius 2 is 1.82 bits per heavy atom. The molecule has 0 aliphatic heterocycles. The molecule has 0 spiro atoms. The molecule has 0 saturated heterocycles. The highest BCUT2D eigenvalue weighted by molar-refractivity contribution is 5.91. The molecule has 2 unspecified atom stereocenters. The summed E-state index contributed by atoms with van der Waals surface area (Å²) in [5.74, 6) is -0.888. The van der Waals surface area contributed by atoms with Crippen LogP contribution in [0.4, 0.5) is 0 Å². The highest BCUT2D eigenvalue weighted by atomic mass is 16.6. The van der Waals surface area contributed by atoms with Crippen molar-refractivity contribution in [3.05, 3.63) is 35.4 Å². The molecule has 1 aromatic carbocycles. The minimum Gasteiger partial charge on any atom is -0.456 e. The van der Waals surface area contributed by atoms with Gasteiger partial charge in [-0.25, -0.2) is 4.79 Å². The fraction of sp³-hybridized carbons (Fsp3) is 0.500. The lowest BCUT2D eigenvalue weighted by Crippen LogP contribution is -2.35. The van der Waals surface area contributed by atoms with E-state index in [9.17, 15) is 19.8 Å². The second-order valence-corrected chi connectivity index (χ2v) is 6.04. The minimum absolute atomic E-state index is 0.112. The molecule has 6 heteroatoms. The van der Waals surface area contributed by atoms with Crippen LogP contribution >= 0.6 is 0 Å². The zero-order valence-electron chi connectivity index (χ0n) is 13.3. The van der Waals surface area contributed by atoms with Gasteiger partial charge in [-0.3, -0.25) is 4.79 Å². The maximum Gasteiger partial charge on any atom is 0.339 e. The van der Waals surface area contributed by atoms with Crippen LogP contribution in [-0.2, 0) is 9.53 Å². The van der Waals surface area contributed by atoms with Gasteiger partial charge in [-0.2, -0.15) is 0 Å². The quantitative estimate of drug-likeness (QED) is 0.710. The molecular weight excluding hydrogens is 286 g/mol. The third kappa shape index (κ3) is 5.46. The molecule has 0 radical (unpaired) electrons. The number of ether oxygens (including phenoxy) is 1. The van der Waals surface area contributed by atoms with Gasteiger partial charge in [0.05, 0.1) is 5.56 Å². The van der Waals surface area contributed by atoms with Gasteiger partial charge in [0.2, 0.25) is 5.91 Å². The summed E-state index contributed by atoms with van der Waals surface area (Å²) in [6.45, 7) is 6.44. The second-order valence-electron chi connectivity index (χ2n) is 6.04. The molecule has 0 aromatic heterocycles. The summed E-state index contributed by atoms with van der Waals surface area (Å²) in [5, 5.41) is 22.6. The number of aliphatic hydroxyl groups excluding tert-OH is 2. The van der Waals surface area contributed by atoms with Crippen LogP contribution in [0.3, 0.4) is 0 Å². The first kappa shape index (κ1) is 18.1. The maximum absolute atomic E-state index is 12.2. The highest BCUT2D eigenvalue weighted by Crippen LogP contribution is 2.23. The number of rotatable bonds is 5. The topological polar surface area (TPSA) is 95.9 Å². The average Bonchev–Trinajstić information content (AvgIpc) is 2.42. The van der Waals surface area contributed by atoms with E-state index in [2.05, 4.69) is 5.32 Å². The van der Waals surface area contributed by atoms with E-state index in [1.165, 1.54) is 13.0 Å². The lowest BCUT2D eigenvalue weighted by atomic mass is 9.98. The Balaban J connectivity index is 2.95. The Bertz CT molecular complexity index is 536. The SMILES string of the molecule is CC(=O)NCC(O)C(O)c1ccccc1C(=O)OC(C)(C)C. The van der Waals surface area contributed by atoms with E-state index in [1.54, 1.807) is 39.0 Å². The minimum atomic E-state index is -1.31. The zero-order chi connectivity index (χ0) is 16.9. The van der Waals surface area contributed by atoms with Crippen molar-refractivity contribution in [1.29, 1.82) is 0 Å². The number of carbonyl (C=O) groups excluding carboxylic acids is 2. The molecule has 0 bridgehead atoms. The molecule has 1 aromatic rings. The highest BCUT2D eigenvalue weighted by Gasteiger charge is 2.26. The van der Waals surface area contributed by atoms with Gasteiger partial charge in [-0.15, -0.1) is 0 Å². The van der Waals surface area contributed by atoms with Gasteiger partial charge < -0.3 is 20.3 Å². The Hall–Kier alpha value is -1.92. The Morgan fingerprint density at radius 3 is 2.36 bits per heavy atom. The smallest absolute Gasteiger partial charge is 0.339 e. The summed E-state index contributed by atoms with van der Waals surface area (Å²) in [7, 11) is 0. The zero-order valence-corrected chi connectivity index (χ0v) is 13.3. The predicted octanol–water partition coefficient (Wildman–Crippen LogP) is 1.17. The standard InChI is InChI=1S/C16H23NO5/c1-10(18)17-9-13(19)14(20)11-7-5-6-8-12(11)15(21)22-16(2,3)4/h5-8,13-14,19-20H,9H2,1-4H3,(H,17,18). The first-order valence-corrected chi connectivity index (χ1v) is 7.04. The molecule has 0 saturated carbocycles. The number of benzene rings is 1. The molecule has 1 amide bonds. The van der Waals surface area contributed by atoms with E-state index in [4.69, 9.17) is 4.74 Å². The van der Waals surface area contributed by atoms with Gasteiger partial charge in [0.25, 0.3) is 0 Å². The van der Waals surface area contributed by atoms with E-state index in [1.807, 2.05) is 0 Å². The van der Waals surface area contributed by atoms with Gasteiger partial charge in [0.15, 0.2) is 0 Å². The molecule has 0 heterocycles. The maximum atomic E-state index is 12.2. The van der Waals surface area contributed by atoms with Crippen molar-refractivity contribution < 1.29 is 24.5 Å². The fourth-order valence-corrected chi connectivity index (χ4v) is 1.84. The first-order valence-electron chi connectivity index (χ1n) is 7.04. The van der Waals surface area contributed by atoms with Crippen LogP contribution in [0.15, 0.2) is 24.3 Å². The van der Waals surface area contributed by atoms with Crippen molar-refractivity contribution in [2.24, 2.45) is 0 Å². The van der Waals surface area contributed by atoms with Crippen molar-refractivity contribution in [1.82, 2.24) is 5.32 Å². The third-order valence-electron chi connectivity index (χ3n) is 2.82. The van der Waals surface area contributed by atoms with Gasteiger partial charge in [0.1, 0.15) is 17.8 Å². The Labute approximate surface area is 130 Å². The number of esters is 1. The van der Waals surface area contributed by atoms with E-state index in [0.29, 0.717) is 0 Å². The van der Waals surface area contributed by atoms with Crippen LogP contribution in [0.25, 0.3) is 0 Å². The van der Waals surface area contributed by atoms with Gasteiger partial charge >= 0.3 is 5.97 Å². The molecule has 2 atom stereocenters. The van der Waals surface area contributed by atoms with Crippen molar-refractivity contribution in [2.45, 2.75) is 45.5 Å². The molecule has 0 fully saturated rings. The van der Waals surface area contributed by atoms with E-state index < -0.39 is 23.8 Å². The number of hydrogen-bond acceptors (Lipinski definition) is 5. The largest absolute Gasteiger partial charge is 0.456 e. The fourth-order valence-electron chi connectivity index (χ4n) is 1.84. The summed E-state index contributed by atoms with van der Waals surface area (Å²) in [5.41, 5.74) is -0.217. The summed E-state index contributed by atoms with van der Waals surface area (Å²) in [6, 6.07) is 6.37. The number of nitrogens with one attached hydrogen (secondary N) is 1. The number of carbonyl (C=O) groups is 2. The molecular formula is C16H23NO5. The monoisotopic (exact) mass is 309 g/mol. The Morgan fingerprint density at radius 1 is 1.23 bits per heavy atom. The van der Waals surface area contributed by atoms with E-state index >= 15 is 0 Å². The van der Waals surface area contributed by atoms with E-state index in [-0.39, 0.29) is 23.6 Å². The molecule has 22 heavy (non-hydrogen) atoms. The van der Waals surface area contributed by atoms with Crippen LogP contribution < -0.4 is 5.32 Å². The summed E-state index contributed by atoms with van der Waals surface area (Å²) in [6.07, 6.45) is -2.54. The van der Waals surface area contributed by atoms with Crippen molar-refractivity contribution in [2.75, 3.05) is 6.54 Å². The van der Waals surface area contributed by atoms with Crippen LogP contribution in [0.1, 0.15) is 49.7 Å². The van der Waals surface area contributed by atoms with E-state index in [0.717, 1.165) is 0 Å². The first-order chi connectivity index (χ1) is 10.1. The molecule has 0 aliphatic rings. The normalized spacial score (nSPS) is 14.1. The van der Waals surface area contributed by atoms with Crippen LogP contribution in [0.2, 0.25) is 0 Å². The lowest BCUT2D eigenvalue weighted by molar-refractivity contribution is -0.119. The summed E-state index contributed by atoms with van der Waals surface area (Å²) < 4.78 is 5.29. The number of hydrogen-bond donors (Lipinski definition) is 3. The van der Waals surface area contributed by atoms with Crippen LogP contribution in [0.5, 0.6) is 0 Å². The predicted molar refractivity (Wildman–Crippen MR) is 81.3 cm³/mol. The van der Waals surface area contributed by atoms with Crippen LogP contribution in [-0.4, -0.2) is 40.3 Å². The summed E-state index contributed by atoms with van der Waals surface area (Å²) >= 11 is 0. The molecule has 0 aliphatic carbocycles. The molecule has 3 N–H and O–H groups in total. The Kier molecular flexibility index (Phi) is 6.08. The second kappa shape index (κ2) is 7.38. The van der Waals surface area contributed by atoms with Crippen molar-refractivity contribution in [3.8, 4) is 0 Å². The molecule has 1 rings (SSSR count). The summed E-state index contributed by atoms with van der Waals surface area (Å²) in [4.78, 5) is 23.1. The third-order valence-corrected chi connectivity index (χ3v) is 2.82. The molecule has 122 valence electrons. The van der Waals surface area contributed by atoms with Gasteiger partial charge in [-0.05, 0) is 32.4 Å². The average molecular weight is 309 g/mol.